The summed E-state index contributed by atoms with van der Waals surface area (Å²) in [7, 11) is 0. The largest absolute Gasteiger partial charge is 0.482 e. The highest BCUT2D eigenvalue weighted by Gasteiger charge is 2.47. The Hall–Kier alpha value is -2.57. The number of rotatable bonds is 2. The fraction of sp³-hybridized carbons (Fsp3) is 0.500. The molecule has 0 bridgehead atoms. The van der Waals surface area contributed by atoms with E-state index in [1.807, 2.05) is 0 Å². The van der Waals surface area contributed by atoms with Gasteiger partial charge in [-0.3, -0.25) is 9.59 Å². The number of amides is 2. The highest BCUT2D eigenvalue weighted by atomic mass is 16.5. The molecule has 2 heterocycles. The van der Waals surface area contributed by atoms with E-state index in [2.05, 4.69) is 5.32 Å². The molecule has 0 radical (unpaired) electrons. The van der Waals surface area contributed by atoms with Gasteiger partial charge in [0, 0.05) is 11.6 Å². The second-order valence-corrected chi connectivity index (χ2v) is 6.96. The third kappa shape index (κ3) is 2.73. The predicted molar refractivity (Wildman–Crippen MR) is 88.5 cm³/mol. The molecule has 1 aromatic rings. The van der Waals surface area contributed by atoms with Crippen molar-refractivity contribution in [3.8, 4) is 5.75 Å². The molecule has 3 atom stereocenters. The number of hydrogen-bond donors (Lipinski definition) is 2. The summed E-state index contributed by atoms with van der Waals surface area (Å²) in [6.45, 7) is -0.0865. The van der Waals surface area contributed by atoms with Crippen molar-refractivity contribution in [3.63, 3.8) is 0 Å². The smallest absolute Gasteiger partial charge is 0.326 e. The quantitative estimate of drug-likeness (QED) is 0.854. The molecular formula is C18H20N2O5. The fourth-order valence-electron chi connectivity index (χ4n) is 4.33. The van der Waals surface area contributed by atoms with Crippen LogP contribution in [0.5, 0.6) is 5.75 Å². The van der Waals surface area contributed by atoms with Crippen molar-refractivity contribution < 1.29 is 24.2 Å². The van der Waals surface area contributed by atoms with Gasteiger partial charge in [-0.05, 0) is 43.4 Å². The van der Waals surface area contributed by atoms with Crippen molar-refractivity contribution in [1.29, 1.82) is 0 Å². The van der Waals surface area contributed by atoms with Crippen molar-refractivity contribution in [2.75, 3.05) is 11.9 Å². The molecule has 25 heavy (non-hydrogen) atoms. The Kier molecular flexibility index (Phi) is 3.86. The van der Waals surface area contributed by atoms with Gasteiger partial charge in [0.25, 0.3) is 11.8 Å². The number of aliphatic carboxylic acids is 1. The molecule has 1 saturated carbocycles. The topological polar surface area (TPSA) is 95.9 Å². The summed E-state index contributed by atoms with van der Waals surface area (Å²) in [5.41, 5.74) is 0.923. The number of anilines is 1. The van der Waals surface area contributed by atoms with Gasteiger partial charge in [0.15, 0.2) is 6.61 Å². The molecule has 7 heteroatoms. The van der Waals surface area contributed by atoms with Gasteiger partial charge in [-0.15, -0.1) is 0 Å². The van der Waals surface area contributed by atoms with Crippen molar-refractivity contribution in [2.24, 2.45) is 5.92 Å². The van der Waals surface area contributed by atoms with Crippen LogP contribution in [0.3, 0.4) is 0 Å². The van der Waals surface area contributed by atoms with E-state index < -0.39 is 12.0 Å². The summed E-state index contributed by atoms with van der Waals surface area (Å²) in [4.78, 5) is 37.7. The van der Waals surface area contributed by atoms with E-state index in [1.165, 1.54) is 0 Å². The zero-order valence-corrected chi connectivity index (χ0v) is 13.7. The number of carboxylic acid groups (broad SMARTS) is 1. The van der Waals surface area contributed by atoms with E-state index in [1.54, 1.807) is 23.1 Å². The first kappa shape index (κ1) is 15.9. The van der Waals surface area contributed by atoms with Gasteiger partial charge in [-0.25, -0.2) is 4.79 Å². The Morgan fingerprint density at radius 1 is 1.24 bits per heavy atom. The monoisotopic (exact) mass is 344 g/mol. The number of carboxylic acids is 1. The molecule has 4 rings (SSSR count). The minimum atomic E-state index is -0.941. The summed E-state index contributed by atoms with van der Waals surface area (Å²) < 4.78 is 5.37. The van der Waals surface area contributed by atoms with Gasteiger partial charge < -0.3 is 20.1 Å². The first-order valence-corrected chi connectivity index (χ1v) is 8.67. The maximum atomic E-state index is 13.1. The van der Waals surface area contributed by atoms with Crippen molar-refractivity contribution in [1.82, 2.24) is 4.90 Å². The molecule has 1 aromatic carbocycles. The molecule has 0 unspecified atom stereocenters. The van der Waals surface area contributed by atoms with Crippen LogP contribution in [0.15, 0.2) is 18.2 Å². The lowest BCUT2D eigenvalue weighted by Crippen LogP contribution is -2.46. The summed E-state index contributed by atoms with van der Waals surface area (Å²) in [5, 5.41) is 12.3. The first-order valence-electron chi connectivity index (χ1n) is 8.67. The number of nitrogens with zero attached hydrogens (tertiary/aromatic N) is 1. The van der Waals surface area contributed by atoms with Crippen LogP contribution in [0, 0.1) is 5.92 Å². The molecule has 2 aliphatic heterocycles. The van der Waals surface area contributed by atoms with E-state index in [-0.39, 0.29) is 30.4 Å². The summed E-state index contributed by atoms with van der Waals surface area (Å²) in [6.07, 6.45) is 4.50. The van der Waals surface area contributed by atoms with Gasteiger partial charge in [-0.1, -0.05) is 12.8 Å². The van der Waals surface area contributed by atoms with Gasteiger partial charge in [-0.2, -0.15) is 0 Å². The van der Waals surface area contributed by atoms with Crippen LogP contribution in [0.1, 0.15) is 42.5 Å². The summed E-state index contributed by atoms with van der Waals surface area (Å²) in [6, 6.07) is 4.07. The van der Waals surface area contributed by atoms with Crippen LogP contribution in [-0.2, 0) is 9.59 Å². The number of hydrogen-bond acceptors (Lipinski definition) is 4. The molecule has 2 fully saturated rings. The number of likely N-dealkylation sites (tertiary alicyclic amines) is 1. The Morgan fingerprint density at radius 2 is 2.04 bits per heavy atom. The lowest BCUT2D eigenvalue weighted by molar-refractivity contribution is -0.141. The van der Waals surface area contributed by atoms with E-state index in [0.29, 0.717) is 23.4 Å². The normalized spacial score (nSPS) is 27.8. The molecule has 1 saturated heterocycles. The van der Waals surface area contributed by atoms with Crippen molar-refractivity contribution in [2.45, 2.75) is 44.2 Å². The second-order valence-electron chi connectivity index (χ2n) is 6.96. The van der Waals surface area contributed by atoms with Crippen LogP contribution in [0.25, 0.3) is 0 Å². The second kappa shape index (κ2) is 6.06. The third-order valence-corrected chi connectivity index (χ3v) is 5.47. The first-order chi connectivity index (χ1) is 12.0. The van der Waals surface area contributed by atoms with E-state index in [4.69, 9.17) is 4.74 Å². The zero-order chi connectivity index (χ0) is 17.6. The molecule has 2 amide bonds. The molecule has 2 N–H and O–H groups in total. The van der Waals surface area contributed by atoms with E-state index in [0.717, 1.165) is 25.7 Å². The number of carbonyl (C=O) groups excluding carboxylic acids is 2. The minimum Gasteiger partial charge on any atom is -0.482 e. The SMILES string of the molecule is O=C1COc2cc(C(=O)N3[C@@H]4CCCC[C@H]4C[C@H]3C(=O)O)ccc2N1. The molecular weight excluding hydrogens is 324 g/mol. The Morgan fingerprint density at radius 3 is 2.84 bits per heavy atom. The predicted octanol–water partition coefficient (Wildman–Crippen LogP) is 1.88. The van der Waals surface area contributed by atoms with Gasteiger partial charge >= 0.3 is 5.97 Å². The van der Waals surface area contributed by atoms with Crippen LogP contribution >= 0.6 is 0 Å². The van der Waals surface area contributed by atoms with Gasteiger partial charge in [0.1, 0.15) is 11.8 Å². The Balaban J connectivity index is 1.64. The molecule has 0 aromatic heterocycles. The number of nitrogens with one attached hydrogen (secondary N) is 1. The third-order valence-electron chi connectivity index (χ3n) is 5.47. The summed E-state index contributed by atoms with van der Waals surface area (Å²) >= 11 is 0. The number of carbonyl (C=O) groups is 3. The maximum Gasteiger partial charge on any atom is 0.326 e. The maximum absolute atomic E-state index is 13.1. The molecule has 0 spiro atoms. The number of benzene rings is 1. The van der Waals surface area contributed by atoms with Crippen LogP contribution in [0.4, 0.5) is 5.69 Å². The average Bonchev–Trinajstić information content (AvgIpc) is 3.00. The molecule has 132 valence electrons. The van der Waals surface area contributed by atoms with E-state index in [9.17, 15) is 19.5 Å². The Labute approximate surface area is 144 Å². The Bertz CT molecular complexity index is 747. The lowest BCUT2D eigenvalue weighted by Gasteiger charge is -2.33. The zero-order valence-electron chi connectivity index (χ0n) is 13.7. The van der Waals surface area contributed by atoms with Crippen LogP contribution in [0.2, 0.25) is 0 Å². The highest BCUT2D eigenvalue weighted by Crippen LogP contribution is 2.41. The number of fused-ring (bicyclic) bond motifs is 2. The van der Waals surface area contributed by atoms with Crippen LogP contribution < -0.4 is 10.1 Å². The highest BCUT2D eigenvalue weighted by molar-refractivity contribution is 6.00. The summed E-state index contributed by atoms with van der Waals surface area (Å²) in [5.74, 6) is -0.736. The average molecular weight is 344 g/mol. The van der Waals surface area contributed by atoms with Gasteiger partial charge in [0.05, 0.1) is 5.69 Å². The van der Waals surface area contributed by atoms with Gasteiger partial charge in [0.2, 0.25) is 0 Å². The number of ether oxygens (including phenoxy) is 1. The van der Waals surface area contributed by atoms with Crippen molar-refractivity contribution in [3.05, 3.63) is 23.8 Å². The lowest BCUT2D eigenvalue weighted by atomic mass is 9.84. The minimum absolute atomic E-state index is 0.000923. The molecule has 3 aliphatic rings. The van der Waals surface area contributed by atoms with E-state index >= 15 is 0 Å². The molecule has 7 nitrogen and oxygen atoms in total. The standard InChI is InChI=1S/C18H20N2O5/c21-16-9-25-15-8-11(5-6-12(15)19-16)17(22)20-13-4-2-1-3-10(13)7-14(20)18(23)24/h5-6,8,10,13-14H,1-4,7,9H2,(H,19,21)(H,23,24)/t10-,13+,14-/m0/s1. The molecule has 1 aliphatic carbocycles. The van der Waals surface area contributed by atoms with Crippen molar-refractivity contribution >= 4 is 23.5 Å². The van der Waals surface area contributed by atoms with Crippen LogP contribution in [-0.4, -0.2) is 46.5 Å². The fourth-order valence-corrected chi connectivity index (χ4v) is 4.33.